The second-order valence-corrected chi connectivity index (χ2v) is 5.22. The Kier molecular flexibility index (Phi) is 3.95. The number of hydrogen-bond donors (Lipinski definition) is 1. The maximum atomic E-state index is 12.3. The molecule has 0 bridgehead atoms. The predicted octanol–water partition coefficient (Wildman–Crippen LogP) is 3.20. The summed E-state index contributed by atoms with van der Waals surface area (Å²) in [7, 11) is 1.74. The van der Waals surface area contributed by atoms with Gasteiger partial charge in [0.05, 0.1) is 6.54 Å². The van der Waals surface area contributed by atoms with Crippen LogP contribution >= 0.6 is 15.9 Å². The Morgan fingerprint density at radius 2 is 2.11 bits per heavy atom. The molecule has 2 aromatic rings. The van der Waals surface area contributed by atoms with Gasteiger partial charge in [0, 0.05) is 18.3 Å². The highest BCUT2D eigenvalue weighted by atomic mass is 79.9. The van der Waals surface area contributed by atoms with E-state index in [1.54, 1.807) is 30.1 Å². The van der Waals surface area contributed by atoms with Crippen molar-refractivity contribution in [2.45, 2.75) is 13.5 Å². The van der Waals surface area contributed by atoms with Crippen LogP contribution in [0.3, 0.4) is 0 Å². The van der Waals surface area contributed by atoms with Crippen molar-refractivity contribution in [1.29, 1.82) is 0 Å². The van der Waals surface area contributed by atoms with Crippen LogP contribution in [0.4, 0.5) is 5.69 Å². The number of halogens is 1. The van der Waals surface area contributed by atoms with Crippen molar-refractivity contribution in [3.8, 4) is 0 Å². The fourth-order valence-corrected chi connectivity index (χ4v) is 2.21. The molecule has 0 fully saturated rings. The highest BCUT2D eigenvalue weighted by Gasteiger charge is 2.15. The van der Waals surface area contributed by atoms with Gasteiger partial charge in [-0.25, -0.2) is 0 Å². The number of nitrogens with two attached hydrogens (primary N) is 1. The second kappa shape index (κ2) is 5.48. The maximum Gasteiger partial charge on any atom is 0.254 e. The average molecular weight is 323 g/mol. The first-order valence-electron chi connectivity index (χ1n) is 5.83. The van der Waals surface area contributed by atoms with Gasteiger partial charge in [0.2, 0.25) is 0 Å². The van der Waals surface area contributed by atoms with Crippen molar-refractivity contribution < 1.29 is 9.21 Å². The Bertz CT molecular complexity index is 607. The summed E-state index contributed by atoms with van der Waals surface area (Å²) in [5, 5.41) is 0. The zero-order valence-electron chi connectivity index (χ0n) is 10.8. The summed E-state index contributed by atoms with van der Waals surface area (Å²) in [4.78, 5) is 13.9. The molecular formula is C14H15BrN2O2. The van der Waals surface area contributed by atoms with Crippen LogP contribution in [0.1, 0.15) is 21.7 Å². The number of benzene rings is 1. The van der Waals surface area contributed by atoms with Crippen molar-refractivity contribution in [2.75, 3.05) is 12.8 Å². The third kappa shape index (κ3) is 3.17. The molecule has 0 aliphatic heterocycles. The third-order valence-electron chi connectivity index (χ3n) is 2.85. The molecule has 0 aliphatic carbocycles. The summed E-state index contributed by atoms with van der Waals surface area (Å²) < 4.78 is 6.05. The molecule has 1 amide bonds. The minimum Gasteiger partial charge on any atom is -0.452 e. The predicted molar refractivity (Wildman–Crippen MR) is 77.8 cm³/mol. The van der Waals surface area contributed by atoms with E-state index in [1.807, 2.05) is 19.1 Å². The van der Waals surface area contributed by atoms with Crippen LogP contribution < -0.4 is 5.73 Å². The number of amides is 1. The van der Waals surface area contributed by atoms with Gasteiger partial charge < -0.3 is 15.1 Å². The van der Waals surface area contributed by atoms with Crippen LogP contribution in [0.2, 0.25) is 0 Å². The number of aryl methyl sites for hydroxylation is 1. The van der Waals surface area contributed by atoms with E-state index < -0.39 is 0 Å². The molecule has 5 heteroatoms. The monoisotopic (exact) mass is 322 g/mol. The van der Waals surface area contributed by atoms with Crippen LogP contribution in [0.25, 0.3) is 0 Å². The van der Waals surface area contributed by atoms with E-state index in [0.717, 1.165) is 11.3 Å². The van der Waals surface area contributed by atoms with Gasteiger partial charge in [-0.05, 0) is 58.7 Å². The van der Waals surface area contributed by atoms with Crippen molar-refractivity contribution in [2.24, 2.45) is 0 Å². The van der Waals surface area contributed by atoms with Crippen LogP contribution in [0.5, 0.6) is 0 Å². The van der Waals surface area contributed by atoms with Crippen LogP contribution in [0, 0.1) is 6.92 Å². The van der Waals surface area contributed by atoms with Crippen molar-refractivity contribution in [3.63, 3.8) is 0 Å². The molecule has 0 saturated carbocycles. The number of nitrogens with zero attached hydrogens (tertiary/aromatic N) is 1. The van der Waals surface area contributed by atoms with E-state index in [4.69, 9.17) is 10.2 Å². The molecule has 2 rings (SSSR count). The first kappa shape index (κ1) is 13.7. The van der Waals surface area contributed by atoms with Gasteiger partial charge in [0.1, 0.15) is 5.76 Å². The van der Waals surface area contributed by atoms with E-state index in [1.165, 1.54) is 0 Å². The SMILES string of the molecule is Cc1cc(N)ccc1C(=O)N(C)Cc1ccc(Br)o1. The summed E-state index contributed by atoms with van der Waals surface area (Å²) in [6, 6.07) is 8.93. The van der Waals surface area contributed by atoms with Crippen LogP contribution in [-0.4, -0.2) is 17.9 Å². The van der Waals surface area contributed by atoms with Gasteiger partial charge in [-0.15, -0.1) is 0 Å². The highest BCUT2D eigenvalue weighted by Crippen LogP contribution is 2.18. The van der Waals surface area contributed by atoms with E-state index in [-0.39, 0.29) is 5.91 Å². The van der Waals surface area contributed by atoms with Gasteiger partial charge in [-0.3, -0.25) is 4.79 Å². The van der Waals surface area contributed by atoms with E-state index in [2.05, 4.69) is 15.9 Å². The summed E-state index contributed by atoms with van der Waals surface area (Å²) in [6.45, 7) is 2.30. The van der Waals surface area contributed by atoms with Gasteiger partial charge >= 0.3 is 0 Å². The van der Waals surface area contributed by atoms with E-state index in [9.17, 15) is 4.79 Å². The molecule has 1 aromatic carbocycles. The fourth-order valence-electron chi connectivity index (χ4n) is 1.87. The summed E-state index contributed by atoms with van der Waals surface area (Å²) in [5.74, 6) is 0.681. The Labute approximate surface area is 120 Å². The van der Waals surface area contributed by atoms with Crippen molar-refractivity contribution in [1.82, 2.24) is 4.90 Å². The molecule has 0 saturated heterocycles. The molecule has 4 nitrogen and oxygen atoms in total. The second-order valence-electron chi connectivity index (χ2n) is 4.44. The Balaban J connectivity index is 2.14. The first-order chi connectivity index (χ1) is 8.97. The molecule has 1 heterocycles. The zero-order chi connectivity index (χ0) is 14.0. The Hall–Kier alpha value is -1.75. The quantitative estimate of drug-likeness (QED) is 0.883. The lowest BCUT2D eigenvalue weighted by Crippen LogP contribution is -2.26. The largest absolute Gasteiger partial charge is 0.452 e. The number of carbonyl (C=O) groups is 1. The minimum atomic E-state index is -0.0509. The summed E-state index contributed by atoms with van der Waals surface area (Å²) in [5.41, 5.74) is 7.87. The smallest absolute Gasteiger partial charge is 0.254 e. The molecule has 0 radical (unpaired) electrons. The molecular weight excluding hydrogens is 308 g/mol. The van der Waals surface area contributed by atoms with Gasteiger partial charge in [0.25, 0.3) is 5.91 Å². The van der Waals surface area contributed by atoms with E-state index in [0.29, 0.717) is 22.5 Å². The molecule has 19 heavy (non-hydrogen) atoms. The average Bonchev–Trinajstić information content (AvgIpc) is 2.74. The number of rotatable bonds is 3. The van der Waals surface area contributed by atoms with Crippen LogP contribution in [-0.2, 0) is 6.54 Å². The summed E-state index contributed by atoms with van der Waals surface area (Å²) in [6.07, 6.45) is 0. The lowest BCUT2D eigenvalue weighted by Gasteiger charge is -2.17. The Morgan fingerprint density at radius 3 is 2.68 bits per heavy atom. The van der Waals surface area contributed by atoms with Crippen LogP contribution in [0.15, 0.2) is 39.4 Å². The van der Waals surface area contributed by atoms with Gasteiger partial charge in [-0.2, -0.15) is 0 Å². The standard InChI is InChI=1S/C14H15BrN2O2/c1-9-7-10(16)3-5-12(9)14(18)17(2)8-11-4-6-13(15)19-11/h3-7H,8,16H2,1-2H3. The van der Waals surface area contributed by atoms with Gasteiger partial charge in [-0.1, -0.05) is 0 Å². The molecule has 0 spiro atoms. The number of furan rings is 1. The Morgan fingerprint density at radius 1 is 1.37 bits per heavy atom. The fraction of sp³-hybridized carbons (Fsp3) is 0.214. The van der Waals surface area contributed by atoms with Gasteiger partial charge in [0.15, 0.2) is 4.67 Å². The molecule has 0 unspecified atom stereocenters. The lowest BCUT2D eigenvalue weighted by molar-refractivity contribution is 0.0774. The third-order valence-corrected chi connectivity index (χ3v) is 3.28. The van der Waals surface area contributed by atoms with E-state index >= 15 is 0 Å². The molecule has 2 N–H and O–H groups in total. The number of hydrogen-bond acceptors (Lipinski definition) is 3. The highest BCUT2D eigenvalue weighted by molar-refractivity contribution is 9.10. The molecule has 0 aliphatic rings. The maximum absolute atomic E-state index is 12.3. The lowest BCUT2D eigenvalue weighted by atomic mass is 10.1. The first-order valence-corrected chi connectivity index (χ1v) is 6.62. The number of nitrogen functional groups attached to an aromatic ring is 1. The number of carbonyl (C=O) groups excluding carboxylic acids is 1. The summed E-state index contributed by atoms with van der Waals surface area (Å²) >= 11 is 3.24. The molecule has 0 atom stereocenters. The molecule has 100 valence electrons. The molecule has 1 aromatic heterocycles. The normalized spacial score (nSPS) is 10.5. The zero-order valence-corrected chi connectivity index (χ0v) is 12.4. The number of anilines is 1. The minimum absolute atomic E-state index is 0.0509. The topological polar surface area (TPSA) is 59.5 Å². The van der Waals surface area contributed by atoms with Crippen molar-refractivity contribution >= 4 is 27.5 Å². The van der Waals surface area contributed by atoms with Crippen molar-refractivity contribution in [3.05, 3.63) is 51.9 Å².